The molecule has 7 heteroatoms. The van der Waals surface area contributed by atoms with E-state index in [0.29, 0.717) is 43.0 Å². The van der Waals surface area contributed by atoms with Gasteiger partial charge < -0.3 is 5.11 Å². The summed E-state index contributed by atoms with van der Waals surface area (Å²) in [5.74, 6) is 0. The van der Waals surface area contributed by atoms with E-state index in [-0.39, 0.29) is 6.42 Å². The van der Waals surface area contributed by atoms with Gasteiger partial charge in [0, 0.05) is 19.6 Å². The standard InChI is InChI=1S/C12H13F3N2OS/c13-12(14,15)10-5-9(7-19-10)6-17-4-2-11(18,8-17)1-3-16/h5,7,18H,1-2,4,6,8H2. The van der Waals surface area contributed by atoms with Crippen LogP contribution in [0, 0.1) is 11.3 Å². The second kappa shape index (κ2) is 5.12. The minimum absolute atomic E-state index is 0.0565. The molecule has 1 N–H and O–H groups in total. The number of hydrogen-bond donors (Lipinski definition) is 1. The first-order valence-electron chi connectivity index (χ1n) is 5.79. The van der Waals surface area contributed by atoms with Crippen LogP contribution in [-0.4, -0.2) is 28.7 Å². The molecule has 0 amide bonds. The highest BCUT2D eigenvalue weighted by Crippen LogP contribution is 2.35. The zero-order valence-electron chi connectivity index (χ0n) is 10.1. The molecular formula is C12H13F3N2OS. The monoisotopic (exact) mass is 290 g/mol. The van der Waals surface area contributed by atoms with E-state index in [9.17, 15) is 18.3 Å². The highest BCUT2D eigenvalue weighted by atomic mass is 32.1. The van der Waals surface area contributed by atoms with Crippen molar-refractivity contribution in [3.8, 4) is 6.07 Å². The molecule has 1 atom stereocenters. The first-order chi connectivity index (χ1) is 8.82. The predicted molar refractivity (Wildman–Crippen MR) is 64.4 cm³/mol. The summed E-state index contributed by atoms with van der Waals surface area (Å²) in [5, 5.41) is 20.1. The van der Waals surface area contributed by atoms with Crippen molar-refractivity contribution in [1.29, 1.82) is 5.26 Å². The van der Waals surface area contributed by atoms with Gasteiger partial charge in [0.25, 0.3) is 0 Å². The van der Waals surface area contributed by atoms with Crippen molar-refractivity contribution in [3.63, 3.8) is 0 Å². The van der Waals surface area contributed by atoms with Crippen LogP contribution in [0.4, 0.5) is 13.2 Å². The van der Waals surface area contributed by atoms with Gasteiger partial charge >= 0.3 is 6.18 Å². The number of rotatable bonds is 3. The Kier molecular flexibility index (Phi) is 3.85. The molecule has 104 valence electrons. The molecule has 0 aliphatic carbocycles. The number of likely N-dealkylation sites (tertiary alicyclic amines) is 1. The topological polar surface area (TPSA) is 47.3 Å². The largest absolute Gasteiger partial charge is 0.425 e. The molecule has 1 aromatic heterocycles. The van der Waals surface area contributed by atoms with Gasteiger partial charge in [0.15, 0.2) is 0 Å². The van der Waals surface area contributed by atoms with Crippen LogP contribution in [0.25, 0.3) is 0 Å². The van der Waals surface area contributed by atoms with Crippen LogP contribution in [-0.2, 0) is 12.7 Å². The smallest absolute Gasteiger partial charge is 0.387 e. The van der Waals surface area contributed by atoms with E-state index in [1.165, 1.54) is 5.38 Å². The third kappa shape index (κ3) is 3.47. The van der Waals surface area contributed by atoms with E-state index in [2.05, 4.69) is 0 Å². The van der Waals surface area contributed by atoms with Gasteiger partial charge in [0.05, 0.1) is 18.1 Å². The Bertz CT molecular complexity index is 494. The van der Waals surface area contributed by atoms with Crippen molar-refractivity contribution in [2.45, 2.75) is 31.2 Å². The van der Waals surface area contributed by atoms with Crippen LogP contribution in [0.3, 0.4) is 0 Å². The summed E-state index contributed by atoms with van der Waals surface area (Å²) in [6.07, 6.45) is -3.76. The van der Waals surface area contributed by atoms with Crippen molar-refractivity contribution in [3.05, 3.63) is 21.9 Å². The number of thiophene rings is 1. The Morgan fingerprint density at radius 3 is 2.84 bits per heavy atom. The molecule has 1 aliphatic rings. The van der Waals surface area contributed by atoms with Crippen LogP contribution >= 0.6 is 11.3 Å². The summed E-state index contributed by atoms with van der Waals surface area (Å²) < 4.78 is 37.4. The summed E-state index contributed by atoms with van der Waals surface area (Å²) in [6.45, 7) is 1.30. The Labute approximate surface area is 112 Å². The molecule has 0 bridgehead atoms. The van der Waals surface area contributed by atoms with E-state index in [4.69, 9.17) is 5.26 Å². The molecule has 1 aromatic rings. The number of hydrogen-bond acceptors (Lipinski definition) is 4. The lowest BCUT2D eigenvalue weighted by Gasteiger charge is -2.20. The lowest BCUT2D eigenvalue weighted by atomic mass is 10.0. The fourth-order valence-corrected chi connectivity index (χ4v) is 3.01. The Morgan fingerprint density at radius 2 is 2.26 bits per heavy atom. The van der Waals surface area contributed by atoms with Crippen LogP contribution in [0.5, 0.6) is 0 Å². The number of alkyl halides is 3. The van der Waals surface area contributed by atoms with Gasteiger partial charge in [-0.2, -0.15) is 18.4 Å². The van der Waals surface area contributed by atoms with Gasteiger partial charge in [-0.3, -0.25) is 4.90 Å². The summed E-state index contributed by atoms with van der Waals surface area (Å²) in [6, 6.07) is 3.08. The molecule has 0 saturated carbocycles. The molecular weight excluding hydrogens is 277 g/mol. The number of nitriles is 1. The molecule has 1 aliphatic heterocycles. The molecule has 19 heavy (non-hydrogen) atoms. The summed E-state index contributed by atoms with van der Waals surface area (Å²) >= 11 is 0.683. The Balaban J connectivity index is 1.97. The first kappa shape index (κ1) is 14.3. The molecule has 1 unspecified atom stereocenters. The van der Waals surface area contributed by atoms with Crippen molar-refractivity contribution >= 4 is 11.3 Å². The third-order valence-electron chi connectivity index (χ3n) is 3.16. The minimum Gasteiger partial charge on any atom is -0.387 e. The van der Waals surface area contributed by atoms with Gasteiger partial charge in [0.2, 0.25) is 0 Å². The van der Waals surface area contributed by atoms with Crippen molar-refractivity contribution < 1.29 is 18.3 Å². The van der Waals surface area contributed by atoms with Gasteiger partial charge in [-0.25, -0.2) is 0 Å². The fourth-order valence-electron chi connectivity index (χ4n) is 2.23. The second-order valence-electron chi connectivity index (χ2n) is 4.84. The van der Waals surface area contributed by atoms with Gasteiger partial charge in [0.1, 0.15) is 4.88 Å². The quantitative estimate of drug-likeness (QED) is 0.931. The number of β-amino-alcohol motifs (C(OH)–C–C–N with tert-alkyl or cyclic N) is 1. The fraction of sp³-hybridized carbons (Fsp3) is 0.583. The maximum Gasteiger partial charge on any atom is 0.425 e. The second-order valence-corrected chi connectivity index (χ2v) is 5.75. The molecule has 0 spiro atoms. The average molecular weight is 290 g/mol. The summed E-state index contributed by atoms with van der Waals surface area (Å²) in [4.78, 5) is 1.27. The maximum absolute atomic E-state index is 12.5. The zero-order chi connectivity index (χ0) is 14.1. The molecule has 1 fully saturated rings. The van der Waals surface area contributed by atoms with E-state index in [0.717, 1.165) is 6.07 Å². The Morgan fingerprint density at radius 1 is 1.53 bits per heavy atom. The molecule has 1 saturated heterocycles. The van der Waals surface area contributed by atoms with Crippen molar-refractivity contribution in [1.82, 2.24) is 4.90 Å². The van der Waals surface area contributed by atoms with Crippen molar-refractivity contribution in [2.75, 3.05) is 13.1 Å². The normalized spacial score (nSPS) is 24.6. The van der Waals surface area contributed by atoms with E-state index in [1.807, 2.05) is 11.0 Å². The first-order valence-corrected chi connectivity index (χ1v) is 6.67. The average Bonchev–Trinajstić information content (AvgIpc) is 2.86. The van der Waals surface area contributed by atoms with Gasteiger partial charge in [-0.15, -0.1) is 11.3 Å². The SMILES string of the molecule is N#CCC1(O)CCN(Cc2csc(C(F)(F)F)c2)C1. The van der Waals surface area contributed by atoms with E-state index >= 15 is 0 Å². The lowest BCUT2D eigenvalue weighted by Crippen LogP contribution is -2.32. The van der Waals surface area contributed by atoms with Crippen LogP contribution in [0.15, 0.2) is 11.4 Å². The third-order valence-corrected chi connectivity index (χ3v) is 4.18. The molecule has 3 nitrogen and oxygen atoms in total. The van der Waals surface area contributed by atoms with Crippen LogP contribution in [0.2, 0.25) is 0 Å². The number of halogens is 3. The minimum atomic E-state index is -4.30. The Hall–Kier alpha value is -1.10. The van der Waals surface area contributed by atoms with E-state index in [1.54, 1.807) is 0 Å². The highest BCUT2D eigenvalue weighted by molar-refractivity contribution is 7.10. The lowest BCUT2D eigenvalue weighted by molar-refractivity contribution is -0.134. The predicted octanol–water partition coefficient (Wildman–Crippen LogP) is 2.62. The van der Waals surface area contributed by atoms with Crippen molar-refractivity contribution in [2.24, 2.45) is 0 Å². The van der Waals surface area contributed by atoms with Gasteiger partial charge in [-0.05, 0) is 23.4 Å². The molecule has 0 aromatic carbocycles. The number of aliphatic hydroxyl groups is 1. The zero-order valence-corrected chi connectivity index (χ0v) is 10.9. The van der Waals surface area contributed by atoms with Crippen LogP contribution < -0.4 is 0 Å². The molecule has 2 heterocycles. The maximum atomic E-state index is 12.5. The van der Waals surface area contributed by atoms with Gasteiger partial charge in [-0.1, -0.05) is 0 Å². The highest BCUT2D eigenvalue weighted by Gasteiger charge is 2.36. The van der Waals surface area contributed by atoms with E-state index < -0.39 is 16.7 Å². The number of nitrogens with zero attached hydrogens (tertiary/aromatic N) is 2. The van der Waals surface area contributed by atoms with Crippen LogP contribution in [0.1, 0.15) is 23.3 Å². The summed E-state index contributed by atoms with van der Waals surface area (Å²) in [7, 11) is 0. The summed E-state index contributed by atoms with van der Waals surface area (Å²) in [5.41, 5.74) is -0.420. The molecule has 0 radical (unpaired) electrons. The molecule has 2 rings (SSSR count).